The first-order valence-electron chi connectivity index (χ1n) is 7.34. The van der Waals surface area contributed by atoms with E-state index in [9.17, 15) is 0 Å². The van der Waals surface area contributed by atoms with Crippen molar-refractivity contribution in [2.45, 2.75) is 70.6 Å². The van der Waals surface area contributed by atoms with E-state index < -0.39 is 0 Å². The molecule has 2 nitrogen and oxygen atoms in total. The summed E-state index contributed by atoms with van der Waals surface area (Å²) in [5, 5.41) is 6.31. The van der Waals surface area contributed by atoms with Crippen molar-refractivity contribution in [1.82, 2.24) is 0 Å². The molecule has 0 saturated carbocycles. The second kappa shape index (κ2) is 13.5. The highest BCUT2D eigenvalue weighted by atomic mass is 33.1. The summed E-state index contributed by atoms with van der Waals surface area (Å²) in [5.74, 6) is 0. The predicted molar refractivity (Wildman–Crippen MR) is 84.8 cm³/mol. The van der Waals surface area contributed by atoms with Gasteiger partial charge >= 0.3 is 0 Å². The van der Waals surface area contributed by atoms with Gasteiger partial charge in [-0.25, -0.2) is 0 Å². The van der Waals surface area contributed by atoms with Gasteiger partial charge in [-0.15, -0.1) is 4.52 Å². The highest BCUT2D eigenvalue weighted by molar-refractivity contribution is 8.77. The van der Waals surface area contributed by atoms with Crippen molar-refractivity contribution in [2.24, 2.45) is 9.63 Å². The normalized spacial score (nSPS) is 22.2. The van der Waals surface area contributed by atoms with Crippen LogP contribution in [0.1, 0.15) is 70.6 Å². The predicted octanol–water partition coefficient (Wildman–Crippen LogP) is 6.55. The molecule has 0 atom stereocenters. The van der Waals surface area contributed by atoms with E-state index in [0.717, 1.165) is 6.54 Å². The van der Waals surface area contributed by atoms with Gasteiger partial charge in [0.25, 0.3) is 0 Å². The molecule has 0 aromatic carbocycles. The Morgan fingerprint density at radius 2 is 1.33 bits per heavy atom. The third kappa shape index (κ3) is 11.1. The van der Waals surface area contributed by atoms with E-state index in [-0.39, 0.29) is 0 Å². The number of allylic oxidation sites excluding steroid dienone is 1. The van der Waals surface area contributed by atoms with E-state index >= 15 is 0 Å². The Morgan fingerprint density at radius 3 is 2.06 bits per heavy atom. The molecule has 0 unspecified atom stereocenters. The van der Waals surface area contributed by atoms with Crippen molar-refractivity contribution < 1.29 is 0 Å². The van der Waals surface area contributed by atoms with E-state index in [2.05, 4.69) is 21.1 Å². The third-order valence-corrected chi connectivity index (χ3v) is 4.53. The van der Waals surface area contributed by atoms with Gasteiger partial charge in [-0.2, -0.15) is 5.11 Å². The Bertz CT molecular complexity index is 206. The molecule has 0 fully saturated rings. The zero-order chi connectivity index (χ0) is 12.7. The van der Waals surface area contributed by atoms with Gasteiger partial charge in [-0.3, -0.25) is 0 Å². The van der Waals surface area contributed by atoms with Gasteiger partial charge in [-0.05, 0) is 35.5 Å². The van der Waals surface area contributed by atoms with Gasteiger partial charge in [0.05, 0.1) is 17.5 Å². The Kier molecular flexibility index (Phi) is 12.0. The van der Waals surface area contributed by atoms with Crippen LogP contribution in [0.5, 0.6) is 0 Å². The van der Waals surface area contributed by atoms with Gasteiger partial charge < -0.3 is 0 Å². The first kappa shape index (κ1) is 16.1. The molecule has 0 aromatic rings. The molecule has 0 radical (unpaired) electrons. The van der Waals surface area contributed by atoms with Gasteiger partial charge in [0.15, 0.2) is 0 Å². The molecule has 1 heterocycles. The van der Waals surface area contributed by atoms with Crippen LogP contribution in [0.15, 0.2) is 21.1 Å². The zero-order valence-electron chi connectivity index (χ0n) is 11.4. The topological polar surface area (TPSA) is 24.7 Å². The van der Waals surface area contributed by atoms with E-state index in [4.69, 9.17) is 0 Å². The van der Waals surface area contributed by atoms with Gasteiger partial charge in [0, 0.05) is 0 Å². The van der Waals surface area contributed by atoms with E-state index in [1.807, 2.05) is 0 Å². The van der Waals surface area contributed by atoms with E-state index in [1.165, 1.54) is 81.6 Å². The van der Waals surface area contributed by atoms with Crippen LogP contribution in [-0.2, 0) is 0 Å². The van der Waals surface area contributed by atoms with Gasteiger partial charge in [0.1, 0.15) is 0 Å². The molecule has 104 valence electrons. The average molecular weight is 287 g/mol. The summed E-state index contributed by atoms with van der Waals surface area (Å²) in [5.41, 5.74) is 0. The highest BCUT2D eigenvalue weighted by Gasteiger charge is 1.93. The van der Waals surface area contributed by atoms with Gasteiger partial charge in [0.2, 0.25) is 0 Å². The first-order valence-corrected chi connectivity index (χ1v) is 9.51. The fourth-order valence-electron chi connectivity index (χ4n) is 2.07. The first-order chi connectivity index (χ1) is 9.00. The fraction of sp³-hybridized carbons (Fsp3) is 0.857. The molecule has 0 spiro atoms. The summed E-state index contributed by atoms with van der Waals surface area (Å²) in [6, 6.07) is 0. The molecule has 1 rings (SSSR count). The van der Waals surface area contributed by atoms with Crippen LogP contribution in [0.25, 0.3) is 0 Å². The average Bonchev–Trinajstić information content (AvgIpc) is 2.39. The van der Waals surface area contributed by atoms with Crippen molar-refractivity contribution in [3.63, 3.8) is 0 Å². The smallest absolute Gasteiger partial charge is 0.0716 e. The van der Waals surface area contributed by atoms with Crippen LogP contribution in [0, 0.1) is 0 Å². The third-order valence-electron chi connectivity index (χ3n) is 3.16. The molecule has 18 heavy (non-hydrogen) atoms. The number of hydrogen-bond donors (Lipinski definition) is 0. The minimum absolute atomic E-state index is 0.900. The summed E-state index contributed by atoms with van der Waals surface area (Å²) >= 11 is 0. The van der Waals surface area contributed by atoms with Crippen LogP contribution in [0.3, 0.4) is 0 Å². The quantitative estimate of drug-likeness (QED) is 0.372. The minimum atomic E-state index is 0.900. The lowest BCUT2D eigenvalue weighted by Gasteiger charge is -2.02. The molecular weight excluding hydrogens is 260 g/mol. The Hall–Kier alpha value is 0.0400. The van der Waals surface area contributed by atoms with Crippen LogP contribution >= 0.6 is 21.8 Å². The molecule has 4 heteroatoms. The molecular formula is C14H26N2S2. The monoisotopic (exact) mass is 286 g/mol. The number of nitrogens with zero attached hydrogens (tertiary/aromatic N) is 2. The highest BCUT2D eigenvalue weighted by Crippen LogP contribution is 2.24. The van der Waals surface area contributed by atoms with E-state index in [1.54, 1.807) is 10.8 Å². The molecule has 0 saturated heterocycles. The largest absolute Gasteiger partial charge is 0.181 e. The van der Waals surface area contributed by atoms with Crippen molar-refractivity contribution in [1.29, 1.82) is 0 Å². The summed E-state index contributed by atoms with van der Waals surface area (Å²) in [7, 11) is 3.16. The second-order valence-electron chi connectivity index (χ2n) is 4.81. The second-order valence-corrected chi connectivity index (χ2v) is 6.61. The fourth-order valence-corrected chi connectivity index (χ4v) is 3.15. The molecule has 1 aliphatic rings. The summed E-state index contributed by atoms with van der Waals surface area (Å²) in [4.78, 5) is 0. The van der Waals surface area contributed by atoms with Crippen molar-refractivity contribution >= 4 is 21.8 Å². The molecule has 0 amide bonds. The Balaban J connectivity index is 2.13. The SMILES string of the molecule is C1=CSSN=NCCCCCCCCCCCC1. The van der Waals surface area contributed by atoms with Crippen LogP contribution in [-0.4, -0.2) is 6.54 Å². The zero-order valence-corrected chi connectivity index (χ0v) is 13.0. The van der Waals surface area contributed by atoms with Crippen molar-refractivity contribution in [3.8, 4) is 0 Å². The van der Waals surface area contributed by atoms with Crippen LogP contribution in [0.4, 0.5) is 0 Å². The minimum Gasteiger partial charge on any atom is -0.181 e. The maximum Gasteiger partial charge on any atom is 0.0716 e. The summed E-state index contributed by atoms with van der Waals surface area (Å²) in [6.45, 7) is 0.900. The van der Waals surface area contributed by atoms with Crippen LogP contribution in [0.2, 0.25) is 0 Å². The lowest BCUT2D eigenvalue weighted by Crippen LogP contribution is -1.84. The lowest BCUT2D eigenvalue weighted by atomic mass is 10.1. The molecule has 0 aromatic heterocycles. The molecule has 1 aliphatic heterocycles. The maximum atomic E-state index is 4.17. The van der Waals surface area contributed by atoms with Crippen molar-refractivity contribution in [2.75, 3.05) is 6.54 Å². The van der Waals surface area contributed by atoms with Crippen molar-refractivity contribution in [3.05, 3.63) is 11.5 Å². The Morgan fingerprint density at radius 1 is 0.722 bits per heavy atom. The number of hydrogen-bond acceptors (Lipinski definition) is 4. The molecule has 0 bridgehead atoms. The standard InChI is InChI=1S/C14H26N2S2/c1-2-4-6-8-10-12-14-17-18-16-15-13-11-9-7-5-3-1/h12,14H,1-11,13H2. The van der Waals surface area contributed by atoms with E-state index in [0.29, 0.717) is 0 Å². The molecule has 0 aliphatic carbocycles. The number of rotatable bonds is 0. The summed E-state index contributed by atoms with van der Waals surface area (Å²) < 4.78 is 4.09. The van der Waals surface area contributed by atoms with Gasteiger partial charge in [-0.1, -0.05) is 57.4 Å². The maximum absolute atomic E-state index is 4.17. The Labute approximate surface area is 120 Å². The summed E-state index contributed by atoms with van der Waals surface area (Å²) in [6.07, 6.45) is 17.2. The lowest BCUT2D eigenvalue weighted by molar-refractivity contribution is 0.553. The molecule has 0 N–H and O–H groups in total. The van der Waals surface area contributed by atoms with Crippen LogP contribution < -0.4 is 0 Å².